The monoisotopic (exact) mass is 697 g/mol. The number of carbonyl (C=O) groups is 2. The number of carbonyl (C=O) groups excluding carboxylic acids is 2. The van der Waals surface area contributed by atoms with Gasteiger partial charge in [-0.1, -0.05) is 120 Å². The van der Waals surface area contributed by atoms with Gasteiger partial charge in [0.2, 0.25) is 5.91 Å². The molecule has 0 aromatic heterocycles. The first-order valence-corrected chi connectivity index (χ1v) is 20.1. The number of ether oxygens (including phenoxy) is 1. The zero-order chi connectivity index (χ0) is 35.4. The molecule has 0 spiro atoms. The van der Waals surface area contributed by atoms with Crippen molar-refractivity contribution in [3.05, 3.63) is 48.6 Å². The normalized spacial score (nSPS) is 14.0. The van der Waals surface area contributed by atoms with Gasteiger partial charge in [-0.05, 0) is 64.2 Å². The summed E-state index contributed by atoms with van der Waals surface area (Å²) in [7, 11) is -4.41. The van der Waals surface area contributed by atoms with Crippen LogP contribution >= 0.6 is 7.82 Å². The first kappa shape index (κ1) is 46.0. The van der Waals surface area contributed by atoms with E-state index in [9.17, 15) is 24.2 Å². The molecule has 0 aliphatic carbocycles. The maximum absolute atomic E-state index is 12.0. The number of allylic oxidation sites excluding steroid dienone is 8. The highest BCUT2D eigenvalue weighted by Crippen LogP contribution is 2.42. The van der Waals surface area contributed by atoms with Crippen molar-refractivity contribution in [1.82, 2.24) is 5.32 Å². The number of phosphoric ester groups is 1. The van der Waals surface area contributed by atoms with Crippen molar-refractivity contribution in [3.63, 3.8) is 0 Å². The Balaban J connectivity index is 3.65. The van der Waals surface area contributed by atoms with Crippen molar-refractivity contribution in [2.45, 2.75) is 155 Å². The Hall–Kier alpha value is -2.03. The third-order valence-electron chi connectivity index (χ3n) is 7.47. The van der Waals surface area contributed by atoms with Gasteiger partial charge in [0.25, 0.3) is 0 Å². The van der Waals surface area contributed by atoms with Crippen molar-refractivity contribution >= 4 is 19.7 Å². The van der Waals surface area contributed by atoms with Crippen molar-refractivity contribution < 1.29 is 37.9 Å². The van der Waals surface area contributed by atoms with Crippen LogP contribution in [-0.2, 0) is 27.9 Å². The number of nitrogens with one attached hydrogen (secondary N) is 1. The molecule has 0 heterocycles. The van der Waals surface area contributed by atoms with Gasteiger partial charge in [-0.2, -0.15) is 0 Å². The van der Waals surface area contributed by atoms with Crippen LogP contribution in [0.15, 0.2) is 48.6 Å². The molecule has 0 aromatic rings. The molecule has 9 nitrogen and oxygen atoms in total. The van der Waals surface area contributed by atoms with E-state index in [1.165, 1.54) is 32.1 Å². The maximum Gasteiger partial charge on any atom is 0.472 e. The minimum absolute atomic E-state index is 0.0734. The summed E-state index contributed by atoms with van der Waals surface area (Å²) in [6.45, 7) is 3.33. The second-order valence-electron chi connectivity index (χ2n) is 12.2. The lowest BCUT2D eigenvalue weighted by atomic mass is 10.1. The average molecular weight is 698 g/mol. The fourth-order valence-corrected chi connectivity index (χ4v) is 5.45. The molecule has 2 unspecified atom stereocenters. The van der Waals surface area contributed by atoms with Gasteiger partial charge >= 0.3 is 13.8 Å². The zero-order valence-electron chi connectivity index (χ0n) is 30.2. The molecule has 48 heavy (non-hydrogen) atoms. The molecule has 0 fully saturated rings. The SMILES string of the molecule is CC/C=C\C/C=C\C/C=C\CCCCCCCCCC(=O)NCCOP(=O)(O)OCC(O)COC(=O)CCCCCCC/C=C\CCC. The summed E-state index contributed by atoms with van der Waals surface area (Å²) in [5.74, 6) is -0.542. The van der Waals surface area contributed by atoms with E-state index >= 15 is 0 Å². The van der Waals surface area contributed by atoms with Crippen LogP contribution in [0.2, 0.25) is 0 Å². The second-order valence-corrected chi connectivity index (χ2v) is 13.6. The lowest BCUT2D eigenvalue weighted by molar-refractivity contribution is -0.147. The highest BCUT2D eigenvalue weighted by atomic mass is 31.2. The zero-order valence-corrected chi connectivity index (χ0v) is 31.1. The molecule has 2 atom stereocenters. The summed E-state index contributed by atoms with van der Waals surface area (Å²) in [5, 5.41) is 12.6. The topological polar surface area (TPSA) is 131 Å². The molecule has 0 saturated carbocycles. The fraction of sp³-hybridized carbons (Fsp3) is 0.737. The quantitative estimate of drug-likeness (QED) is 0.0262. The summed E-state index contributed by atoms with van der Waals surface area (Å²) >= 11 is 0. The van der Waals surface area contributed by atoms with Crippen LogP contribution < -0.4 is 5.32 Å². The predicted molar refractivity (Wildman–Crippen MR) is 197 cm³/mol. The molecule has 1 amide bonds. The van der Waals surface area contributed by atoms with Crippen LogP contribution in [0.1, 0.15) is 149 Å². The predicted octanol–water partition coefficient (Wildman–Crippen LogP) is 9.60. The van der Waals surface area contributed by atoms with Crippen LogP contribution in [0.5, 0.6) is 0 Å². The minimum atomic E-state index is -4.41. The smallest absolute Gasteiger partial charge is 0.463 e. The third-order valence-corrected chi connectivity index (χ3v) is 8.46. The Bertz CT molecular complexity index is 934. The maximum atomic E-state index is 12.0. The van der Waals surface area contributed by atoms with Gasteiger partial charge in [0.15, 0.2) is 0 Å². The summed E-state index contributed by atoms with van der Waals surface area (Å²) in [5.41, 5.74) is 0. The van der Waals surface area contributed by atoms with E-state index in [0.717, 1.165) is 89.9 Å². The van der Waals surface area contributed by atoms with Crippen LogP contribution in [0.4, 0.5) is 0 Å². The van der Waals surface area contributed by atoms with E-state index in [-0.39, 0.29) is 32.1 Å². The molecule has 10 heteroatoms. The van der Waals surface area contributed by atoms with Gasteiger partial charge in [0, 0.05) is 19.4 Å². The Labute approximate surface area is 292 Å². The third kappa shape index (κ3) is 35.3. The molecule has 278 valence electrons. The van der Waals surface area contributed by atoms with Gasteiger partial charge in [-0.25, -0.2) is 4.57 Å². The molecular weight excluding hydrogens is 629 g/mol. The molecule has 0 aliphatic rings. The van der Waals surface area contributed by atoms with Crippen LogP contribution in [-0.4, -0.2) is 54.3 Å². The lowest BCUT2D eigenvalue weighted by Crippen LogP contribution is -2.27. The van der Waals surface area contributed by atoms with E-state index in [1.54, 1.807) is 0 Å². The number of phosphoric acid groups is 1. The van der Waals surface area contributed by atoms with Crippen LogP contribution in [0.3, 0.4) is 0 Å². The fourth-order valence-electron chi connectivity index (χ4n) is 4.69. The van der Waals surface area contributed by atoms with E-state index < -0.39 is 26.5 Å². The first-order valence-electron chi connectivity index (χ1n) is 18.6. The Morgan fingerprint density at radius 1 is 0.667 bits per heavy atom. The molecule has 0 aliphatic heterocycles. The van der Waals surface area contributed by atoms with E-state index in [1.807, 2.05) is 0 Å². The van der Waals surface area contributed by atoms with Gasteiger partial charge in [0.05, 0.1) is 13.2 Å². The summed E-state index contributed by atoms with van der Waals surface area (Å²) in [6.07, 6.45) is 37.6. The molecule has 0 bridgehead atoms. The number of amides is 1. The minimum Gasteiger partial charge on any atom is -0.463 e. The number of aliphatic hydroxyl groups is 1. The van der Waals surface area contributed by atoms with Crippen LogP contribution in [0.25, 0.3) is 0 Å². The highest BCUT2D eigenvalue weighted by Gasteiger charge is 2.23. The van der Waals surface area contributed by atoms with Crippen LogP contribution in [0, 0.1) is 0 Å². The van der Waals surface area contributed by atoms with Crippen molar-refractivity contribution in [2.75, 3.05) is 26.4 Å². The van der Waals surface area contributed by atoms with Gasteiger partial charge in [-0.3, -0.25) is 18.6 Å². The van der Waals surface area contributed by atoms with E-state index in [2.05, 4.69) is 67.8 Å². The Morgan fingerprint density at radius 3 is 1.81 bits per heavy atom. The number of hydrogen-bond donors (Lipinski definition) is 3. The average Bonchev–Trinajstić information content (AvgIpc) is 3.07. The molecule has 3 N–H and O–H groups in total. The number of rotatable bonds is 34. The number of hydrogen-bond acceptors (Lipinski definition) is 7. The molecule has 0 saturated heterocycles. The first-order chi connectivity index (χ1) is 23.3. The Kier molecular flexibility index (Phi) is 33.3. The summed E-state index contributed by atoms with van der Waals surface area (Å²) in [6, 6.07) is 0. The standard InChI is InChI=1S/C38H68NO8P/c1-3-5-7-9-11-13-15-16-17-18-19-20-21-22-24-26-28-30-37(41)39-32-33-46-48(43,44)47-35-36(40)34-45-38(42)31-29-27-25-23-14-12-10-8-6-4-2/h5,7-8,10-11,13,16-17,36,40H,3-4,6,9,12,14-15,18-35H2,1-2H3,(H,39,41)(H,43,44)/b7-5-,10-8-,13-11-,17-16-. The number of esters is 1. The molecule has 0 rings (SSSR count). The molecule has 0 radical (unpaired) electrons. The van der Waals surface area contributed by atoms with E-state index in [4.69, 9.17) is 13.8 Å². The summed E-state index contributed by atoms with van der Waals surface area (Å²) < 4.78 is 26.7. The lowest BCUT2D eigenvalue weighted by Gasteiger charge is -2.15. The highest BCUT2D eigenvalue weighted by molar-refractivity contribution is 7.47. The summed E-state index contributed by atoms with van der Waals surface area (Å²) in [4.78, 5) is 33.7. The van der Waals surface area contributed by atoms with Crippen molar-refractivity contribution in [2.24, 2.45) is 0 Å². The van der Waals surface area contributed by atoms with Gasteiger partial charge in [0.1, 0.15) is 12.7 Å². The largest absolute Gasteiger partial charge is 0.472 e. The Morgan fingerprint density at radius 2 is 1.19 bits per heavy atom. The van der Waals surface area contributed by atoms with Crippen molar-refractivity contribution in [1.29, 1.82) is 0 Å². The number of unbranched alkanes of at least 4 members (excludes halogenated alkanes) is 13. The molecular formula is C38H68NO8P. The molecule has 0 aromatic carbocycles. The van der Waals surface area contributed by atoms with E-state index in [0.29, 0.717) is 6.42 Å². The number of aliphatic hydroxyl groups excluding tert-OH is 1. The second kappa shape index (κ2) is 34.8. The van der Waals surface area contributed by atoms with Gasteiger partial charge < -0.3 is 20.1 Å². The van der Waals surface area contributed by atoms with Gasteiger partial charge in [-0.15, -0.1) is 0 Å². The van der Waals surface area contributed by atoms with Crippen molar-refractivity contribution in [3.8, 4) is 0 Å².